The van der Waals surface area contributed by atoms with Gasteiger partial charge in [-0.3, -0.25) is 9.69 Å². The number of hydrogen-bond donors (Lipinski definition) is 3. The number of amides is 1. The molecular formula is C22H26N4O. The molecule has 1 saturated heterocycles. The van der Waals surface area contributed by atoms with Gasteiger partial charge in [0.1, 0.15) is 0 Å². The van der Waals surface area contributed by atoms with E-state index >= 15 is 0 Å². The Hall–Kier alpha value is -2.79. The molecule has 1 amide bonds. The van der Waals surface area contributed by atoms with Crippen LogP contribution in [0.25, 0.3) is 22.2 Å². The van der Waals surface area contributed by atoms with Crippen LogP contribution in [0, 0.1) is 0 Å². The number of para-hydroxylation sites is 1. The number of benzene rings is 2. The number of hydrogen-bond acceptors (Lipinski definition) is 3. The number of rotatable bonds is 6. The second-order valence-corrected chi connectivity index (χ2v) is 7.21. The largest absolute Gasteiger partial charge is 0.370 e. The van der Waals surface area contributed by atoms with Crippen molar-refractivity contribution in [1.29, 1.82) is 0 Å². The van der Waals surface area contributed by atoms with Crippen LogP contribution in [-0.2, 0) is 0 Å². The summed E-state index contributed by atoms with van der Waals surface area (Å²) < 4.78 is 0. The Balaban J connectivity index is 1.63. The quantitative estimate of drug-likeness (QED) is 0.616. The van der Waals surface area contributed by atoms with Gasteiger partial charge >= 0.3 is 0 Å². The van der Waals surface area contributed by atoms with Gasteiger partial charge in [0.2, 0.25) is 0 Å². The molecule has 140 valence electrons. The molecule has 0 spiro atoms. The predicted molar refractivity (Wildman–Crippen MR) is 111 cm³/mol. The van der Waals surface area contributed by atoms with Crippen molar-refractivity contribution in [2.75, 3.05) is 18.4 Å². The van der Waals surface area contributed by atoms with E-state index in [-0.39, 0.29) is 0 Å². The molecule has 1 aliphatic heterocycles. The number of nitrogens with zero attached hydrogens (tertiary/aromatic N) is 1. The highest BCUT2D eigenvalue weighted by atomic mass is 16.1. The molecule has 1 aliphatic rings. The molecular weight excluding hydrogens is 336 g/mol. The molecule has 1 fully saturated rings. The fourth-order valence-corrected chi connectivity index (χ4v) is 3.99. The van der Waals surface area contributed by atoms with E-state index in [0.29, 0.717) is 11.7 Å². The molecule has 0 aliphatic carbocycles. The van der Waals surface area contributed by atoms with Crippen molar-refractivity contribution < 1.29 is 4.79 Å². The van der Waals surface area contributed by atoms with Crippen molar-refractivity contribution in [2.45, 2.75) is 32.4 Å². The summed E-state index contributed by atoms with van der Waals surface area (Å²) >= 11 is 0. The molecule has 4 rings (SSSR count). The Morgan fingerprint density at radius 1 is 1.19 bits per heavy atom. The number of aromatic amines is 1. The van der Waals surface area contributed by atoms with Gasteiger partial charge in [-0.2, -0.15) is 0 Å². The SMILES string of the molecule is CCC(Nc1cccc(-c2cc3cccc(C(N)=O)c3[nH]2)c1)N1CCCC1. The van der Waals surface area contributed by atoms with Gasteiger partial charge in [-0.15, -0.1) is 0 Å². The van der Waals surface area contributed by atoms with Gasteiger partial charge < -0.3 is 16.0 Å². The summed E-state index contributed by atoms with van der Waals surface area (Å²) in [4.78, 5) is 17.6. The average Bonchev–Trinajstić information content (AvgIpc) is 3.35. The first-order valence-electron chi connectivity index (χ1n) is 9.68. The summed E-state index contributed by atoms with van der Waals surface area (Å²) in [5.74, 6) is -0.416. The summed E-state index contributed by atoms with van der Waals surface area (Å²) in [5.41, 5.74) is 10.0. The predicted octanol–water partition coefficient (Wildman–Crippen LogP) is 4.18. The maximum absolute atomic E-state index is 11.7. The smallest absolute Gasteiger partial charge is 0.250 e. The molecule has 2 aromatic carbocycles. The maximum atomic E-state index is 11.7. The van der Waals surface area contributed by atoms with E-state index in [1.54, 1.807) is 6.07 Å². The van der Waals surface area contributed by atoms with Gasteiger partial charge in [0, 0.05) is 29.9 Å². The Bertz CT molecular complexity index is 956. The van der Waals surface area contributed by atoms with Crippen molar-refractivity contribution in [1.82, 2.24) is 9.88 Å². The van der Waals surface area contributed by atoms with Crippen LogP contribution in [0.1, 0.15) is 36.5 Å². The normalized spacial score (nSPS) is 15.9. The zero-order chi connectivity index (χ0) is 18.8. The monoisotopic (exact) mass is 362 g/mol. The van der Waals surface area contributed by atoms with Crippen molar-refractivity contribution in [2.24, 2.45) is 5.73 Å². The van der Waals surface area contributed by atoms with E-state index in [0.717, 1.165) is 34.3 Å². The molecule has 27 heavy (non-hydrogen) atoms. The van der Waals surface area contributed by atoms with Gasteiger partial charge in [-0.25, -0.2) is 0 Å². The van der Waals surface area contributed by atoms with Crippen molar-refractivity contribution in [3.8, 4) is 11.3 Å². The zero-order valence-corrected chi connectivity index (χ0v) is 15.7. The van der Waals surface area contributed by atoms with Crippen LogP contribution in [0.5, 0.6) is 0 Å². The summed E-state index contributed by atoms with van der Waals surface area (Å²) in [6, 6.07) is 16.1. The topological polar surface area (TPSA) is 74.1 Å². The van der Waals surface area contributed by atoms with Crippen LogP contribution < -0.4 is 11.1 Å². The van der Waals surface area contributed by atoms with Crippen LogP contribution in [0.4, 0.5) is 5.69 Å². The van der Waals surface area contributed by atoms with Gasteiger partial charge in [0.05, 0.1) is 17.2 Å². The fourth-order valence-electron chi connectivity index (χ4n) is 3.99. The van der Waals surface area contributed by atoms with Crippen LogP contribution in [0.15, 0.2) is 48.5 Å². The minimum atomic E-state index is -0.416. The third-order valence-electron chi connectivity index (χ3n) is 5.40. The first-order valence-corrected chi connectivity index (χ1v) is 9.68. The van der Waals surface area contributed by atoms with Gasteiger partial charge in [-0.05, 0) is 49.1 Å². The summed E-state index contributed by atoms with van der Waals surface area (Å²) in [6.07, 6.45) is 4.01. The lowest BCUT2D eigenvalue weighted by atomic mass is 10.1. The van der Waals surface area contributed by atoms with Gasteiger partial charge in [-0.1, -0.05) is 31.2 Å². The van der Waals surface area contributed by atoms with Crippen LogP contribution in [0.2, 0.25) is 0 Å². The number of nitrogens with one attached hydrogen (secondary N) is 2. The summed E-state index contributed by atoms with van der Waals surface area (Å²) in [5, 5.41) is 4.67. The molecule has 3 aromatic rings. The van der Waals surface area contributed by atoms with E-state index in [2.05, 4.69) is 52.5 Å². The lowest BCUT2D eigenvalue weighted by molar-refractivity contribution is 0.100. The second-order valence-electron chi connectivity index (χ2n) is 7.21. The van der Waals surface area contributed by atoms with Crippen molar-refractivity contribution in [3.63, 3.8) is 0 Å². The van der Waals surface area contributed by atoms with Gasteiger partial charge in [0.15, 0.2) is 0 Å². The maximum Gasteiger partial charge on any atom is 0.250 e. The van der Waals surface area contributed by atoms with E-state index in [1.807, 2.05) is 12.1 Å². The Labute approximate surface area is 159 Å². The van der Waals surface area contributed by atoms with E-state index in [9.17, 15) is 4.79 Å². The highest BCUT2D eigenvalue weighted by Crippen LogP contribution is 2.28. The van der Waals surface area contributed by atoms with E-state index < -0.39 is 5.91 Å². The second kappa shape index (κ2) is 7.45. The Morgan fingerprint density at radius 2 is 1.96 bits per heavy atom. The first-order chi connectivity index (χ1) is 13.2. The number of fused-ring (bicyclic) bond motifs is 1. The number of H-pyrrole nitrogens is 1. The van der Waals surface area contributed by atoms with E-state index in [1.165, 1.54) is 25.9 Å². The standard InChI is InChI=1S/C22H26N4O/c1-2-20(26-11-3-4-12-26)24-17-9-5-7-15(13-17)19-14-16-8-6-10-18(22(23)27)21(16)25-19/h5-10,13-14,20,24-25H,2-4,11-12H2,1H3,(H2,23,27). The number of primary amides is 1. The number of carbonyl (C=O) groups excluding carboxylic acids is 1. The molecule has 4 N–H and O–H groups in total. The lowest BCUT2D eigenvalue weighted by Gasteiger charge is -2.28. The molecule has 1 aromatic heterocycles. The number of anilines is 1. The molecule has 1 atom stereocenters. The van der Waals surface area contributed by atoms with Crippen LogP contribution >= 0.6 is 0 Å². The highest BCUT2D eigenvalue weighted by Gasteiger charge is 2.20. The zero-order valence-electron chi connectivity index (χ0n) is 15.7. The van der Waals surface area contributed by atoms with Crippen molar-refractivity contribution in [3.05, 3.63) is 54.1 Å². The number of likely N-dealkylation sites (tertiary alicyclic amines) is 1. The fraction of sp³-hybridized carbons (Fsp3) is 0.318. The summed E-state index contributed by atoms with van der Waals surface area (Å²) in [6.45, 7) is 4.56. The van der Waals surface area contributed by atoms with Gasteiger partial charge in [0.25, 0.3) is 5.91 Å². The number of carbonyl (C=O) groups is 1. The minimum absolute atomic E-state index is 0.368. The van der Waals surface area contributed by atoms with Crippen molar-refractivity contribution >= 4 is 22.5 Å². The molecule has 5 nitrogen and oxygen atoms in total. The van der Waals surface area contributed by atoms with Crippen LogP contribution in [-0.4, -0.2) is 35.0 Å². The average molecular weight is 362 g/mol. The Morgan fingerprint density at radius 3 is 2.70 bits per heavy atom. The molecule has 0 saturated carbocycles. The number of aromatic nitrogens is 1. The first kappa shape index (κ1) is 17.6. The highest BCUT2D eigenvalue weighted by molar-refractivity contribution is 6.06. The van der Waals surface area contributed by atoms with E-state index in [4.69, 9.17) is 5.73 Å². The third kappa shape index (κ3) is 3.55. The van der Waals surface area contributed by atoms with Crippen LogP contribution in [0.3, 0.4) is 0 Å². The Kier molecular flexibility index (Phi) is 4.86. The molecule has 0 radical (unpaired) electrons. The molecule has 2 heterocycles. The molecule has 0 bridgehead atoms. The third-order valence-corrected chi connectivity index (χ3v) is 5.40. The lowest BCUT2D eigenvalue weighted by Crippen LogP contribution is -2.38. The summed E-state index contributed by atoms with van der Waals surface area (Å²) in [7, 11) is 0. The minimum Gasteiger partial charge on any atom is -0.370 e. The molecule has 1 unspecified atom stereocenters. The number of nitrogens with two attached hydrogens (primary N) is 1. The molecule has 5 heteroatoms.